The summed E-state index contributed by atoms with van der Waals surface area (Å²) >= 11 is 0. The second-order valence-corrected chi connectivity index (χ2v) is 4.27. The highest BCUT2D eigenvalue weighted by Crippen LogP contribution is 2.21. The fourth-order valence-electron chi connectivity index (χ4n) is 2.04. The maximum atomic E-state index is 12.2. The molecule has 3 rings (SSSR count). The summed E-state index contributed by atoms with van der Waals surface area (Å²) in [4.78, 5) is 12.2. The summed E-state index contributed by atoms with van der Waals surface area (Å²) in [6.45, 7) is 3.44. The number of carbonyl (C=O) groups excluding carboxylic acids is 1. The molecule has 0 saturated heterocycles. The smallest absolute Gasteiger partial charge is 0.262 e. The molecular formula is C13H12N4O2. The summed E-state index contributed by atoms with van der Waals surface area (Å²) in [6, 6.07) is 7.58. The number of nitrogens with one attached hydrogen (secondary N) is 2. The molecule has 0 atom stereocenters. The van der Waals surface area contributed by atoms with Crippen molar-refractivity contribution in [3.05, 3.63) is 41.3 Å². The van der Waals surface area contributed by atoms with E-state index in [4.69, 9.17) is 4.52 Å². The monoisotopic (exact) mass is 256 g/mol. The third-order valence-electron chi connectivity index (χ3n) is 2.96. The van der Waals surface area contributed by atoms with Crippen molar-refractivity contribution < 1.29 is 9.32 Å². The number of hydrogen-bond acceptors (Lipinski definition) is 4. The first-order chi connectivity index (χ1) is 9.16. The molecule has 96 valence electrons. The van der Waals surface area contributed by atoms with Gasteiger partial charge in [-0.2, -0.15) is 5.10 Å². The molecule has 19 heavy (non-hydrogen) atoms. The van der Waals surface area contributed by atoms with Crippen molar-refractivity contribution in [1.29, 1.82) is 0 Å². The molecule has 0 aliphatic heterocycles. The SMILES string of the molecule is Cc1noc(C)c1C(=O)Nc1n[nH]c2ccccc12. The lowest BCUT2D eigenvalue weighted by Crippen LogP contribution is -2.14. The molecule has 0 aliphatic rings. The van der Waals surface area contributed by atoms with Crippen LogP contribution >= 0.6 is 0 Å². The molecule has 2 heterocycles. The van der Waals surface area contributed by atoms with Gasteiger partial charge in [-0.15, -0.1) is 0 Å². The van der Waals surface area contributed by atoms with Gasteiger partial charge in [-0.1, -0.05) is 17.3 Å². The van der Waals surface area contributed by atoms with Crippen LogP contribution in [0.15, 0.2) is 28.8 Å². The second-order valence-electron chi connectivity index (χ2n) is 4.27. The second kappa shape index (κ2) is 4.24. The number of nitrogens with zero attached hydrogens (tertiary/aromatic N) is 2. The minimum Gasteiger partial charge on any atom is -0.361 e. The number of amides is 1. The highest BCUT2D eigenvalue weighted by atomic mass is 16.5. The van der Waals surface area contributed by atoms with E-state index in [1.807, 2.05) is 24.3 Å². The van der Waals surface area contributed by atoms with Crippen molar-refractivity contribution >= 4 is 22.6 Å². The number of rotatable bonds is 2. The Morgan fingerprint density at radius 1 is 1.32 bits per heavy atom. The van der Waals surface area contributed by atoms with Gasteiger partial charge in [0.15, 0.2) is 5.82 Å². The molecule has 0 spiro atoms. The van der Waals surface area contributed by atoms with Gasteiger partial charge in [0.2, 0.25) is 0 Å². The van der Waals surface area contributed by atoms with Crippen molar-refractivity contribution in [2.45, 2.75) is 13.8 Å². The van der Waals surface area contributed by atoms with E-state index in [0.717, 1.165) is 10.9 Å². The number of aromatic nitrogens is 3. The van der Waals surface area contributed by atoms with Crippen LogP contribution in [0.5, 0.6) is 0 Å². The van der Waals surface area contributed by atoms with Gasteiger partial charge in [0.1, 0.15) is 11.3 Å². The number of H-pyrrole nitrogens is 1. The van der Waals surface area contributed by atoms with Crippen molar-refractivity contribution in [1.82, 2.24) is 15.4 Å². The molecule has 0 radical (unpaired) electrons. The molecule has 6 heteroatoms. The van der Waals surface area contributed by atoms with E-state index < -0.39 is 0 Å². The zero-order valence-electron chi connectivity index (χ0n) is 10.5. The first-order valence-electron chi connectivity index (χ1n) is 5.84. The zero-order valence-corrected chi connectivity index (χ0v) is 10.5. The summed E-state index contributed by atoms with van der Waals surface area (Å²) < 4.78 is 4.98. The van der Waals surface area contributed by atoms with E-state index >= 15 is 0 Å². The number of benzene rings is 1. The van der Waals surface area contributed by atoms with Gasteiger partial charge in [0, 0.05) is 5.39 Å². The Kier molecular flexibility index (Phi) is 2.56. The number of aryl methyl sites for hydroxylation is 2. The van der Waals surface area contributed by atoms with E-state index in [0.29, 0.717) is 22.8 Å². The fraction of sp³-hybridized carbons (Fsp3) is 0.154. The summed E-state index contributed by atoms with van der Waals surface area (Å²) in [5.41, 5.74) is 1.89. The van der Waals surface area contributed by atoms with E-state index in [-0.39, 0.29) is 5.91 Å². The average Bonchev–Trinajstić information content (AvgIpc) is 2.94. The predicted molar refractivity (Wildman–Crippen MR) is 70.0 cm³/mol. The van der Waals surface area contributed by atoms with Crippen LogP contribution in [0.2, 0.25) is 0 Å². The number of fused-ring (bicyclic) bond motifs is 1. The molecule has 3 aromatic rings. The molecule has 0 saturated carbocycles. The quantitative estimate of drug-likeness (QED) is 0.737. The molecule has 1 amide bonds. The minimum absolute atomic E-state index is 0.270. The molecule has 1 aromatic carbocycles. The first-order valence-corrected chi connectivity index (χ1v) is 5.84. The predicted octanol–water partition coefficient (Wildman–Crippen LogP) is 2.42. The Morgan fingerprint density at radius 3 is 2.84 bits per heavy atom. The zero-order chi connectivity index (χ0) is 13.4. The van der Waals surface area contributed by atoms with Crippen LogP contribution in [0.25, 0.3) is 10.9 Å². The average molecular weight is 256 g/mol. The van der Waals surface area contributed by atoms with E-state index in [1.165, 1.54) is 0 Å². The van der Waals surface area contributed by atoms with Crippen molar-refractivity contribution in [3.63, 3.8) is 0 Å². The highest BCUT2D eigenvalue weighted by Gasteiger charge is 2.19. The van der Waals surface area contributed by atoms with Crippen molar-refractivity contribution in [2.75, 3.05) is 5.32 Å². The summed E-state index contributed by atoms with van der Waals surface area (Å²) in [6.07, 6.45) is 0. The largest absolute Gasteiger partial charge is 0.361 e. The van der Waals surface area contributed by atoms with Crippen molar-refractivity contribution in [2.24, 2.45) is 0 Å². The summed E-state index contributed by atoms with van der Waals surface area (Å²) in [5.74, 6) is 0.726. The molecule has 2 N–H and O–H groups in total. The van der Waals surface area contributed by atoms with Gasteiger partial charge in [-0.05, 0) is 26.0 Å². The minimum atomic E-state index is -0.270. The molecule has 0 bridgehead atoms. The van der Waals surface area contributed by atoms with Crippen LogP contribution in [0.1, 0.15) is 21.8 Å². The van der Waals surface area contributed by atoms with E-state index in [2.05, 4.69) is 20.7 Å². The van der Waals surface area contributed by atoms with Crippen LogP contribution < -0.4 is 5.32 Å². The Labute approximate surface area is 108 Å². The third-order valence-corrected chi connectivity index (χ3v) is 2.96. The van der Waals surface area contributed by atoms with Crippen molar-refractivity contribution in [3.8, 4) is 0 Å². The third kappa shape index (κ3) is 1.87. The number of para-hydroxylation sites is 1. The van der Waals surface area contributed by atoms with Crippen LogP contribution in [0, 0.1) is 13.8 Å². The van der Waals surface area contributed by atoms with Gasteiger partial charge in [-0.25, -0.2) is 0 Å². The van der Waals surface area contributed by atoms with Crippen LogP contribution in [0.4, 0.5) is 5.82 Å². The summed E-state index contributed by atoms with van der Waals surface area (Å²) in [5, 5.41) is 14.4. The van der Waals surface area contributed by atoms with Gasteiger partial charge < -0.3 is 9.84 Å². The highest BCUT2D eigenvalue weighted by molar-refractivity contribution is 6.08. The van der Waals surface area contributed by atoms with Crippen LogP contribution in [-0.2, 0) is 0 Å². The van der Waals surface area contributed by atoms with Gasteiger partial charge >= 0.3 is 0 Å². The maximum Gasteiger partial charge on any atom is 0.262 e. The molecule has 6 nitrogen and oxygen atoms in total. The Hall–Kier alpha value is -2.63. The number of anilines is 1. The van der Waals surface area contributed by atoms with Gasteiger partial charge in [0.25, 0.3) is 5.91 Å². The molecule has 0 aliphatic carbocycles. The number of hydrogen-bond donors (Lipinski definition) is 2. The molecule has 2 aromatic heterocycles. The Bertz CT molecular complexity index is 737. The Morgan fingerprint density at radius 2 is 2.11 bits per heavy atom. The lowest BCUT2D eigenvalue weighted by atomic mass is 10.2. The van der Waals surface area contributed by atoms with Gasteiger partial charge in [0.05, 0.1) is 11.2 Å². The number of carbonyl (C=O) groups is 1. The Balaban J connectivity index is 1.96. The lowest BCUT2D eigenvalue weighted by Gasteiger charge is -2.01. The lowest BCUT2D eigenvalue weighted by molar-refractivity contribution is 0.102. The normalized spacial score (nSPS) is 10.8. The molecule has 0 unspecified atom stereocenters. The van der Waals surface area contributed by atoms with E-state index in [9.17, 15) is 4.79 Å². The van der Waals surface area contributed by atoms with Crippen LogP contribution in [-0.4, -0.2) is 21.3 Å². The van der Waals surface area contributed by atoms with E-state index in [1.54, 1.807) is 13.8 Å². The fourth-order valence-corrected chi connectivity index (χ4v) is 2.04. The topological polar surface area (TPSA) is 83.8 Å². The van der Waals surface area contributed by atoms with Gasteiger partial charge in [-0.3, -0.25) is 9.89 Å². The molecular weight excluding hydrogens is 244 g/mol. The maximum absolute atomic E-state index is 12.2. The first kappa shape index (κ1) is 11.5. The number of aromatic amines is 1. The molecule has 0 fully saturated rings. The summed E-state index contributed by atoms with van der Waals surface area (Å²) in [7, 11) is 0. The van der Waals surface area contributed by atoms with Crippen LogP contribution in [0.3, 0.4) is 0 Å². The standard InChI is InChI=1S/C13H12N4O2/c1-7-11(8(2)19-17-7)13(18)14-12-9-5-3-4-6-10(9)15-16-12/h3-6H,1-2H3,(H2,14,15,16,18).